The second kappa shape index (κ2) is 7.57. The van der Waals surface area contributed by atoms with Crippen molar-refractivity contribution in [2.75, 3.05) is 0 Å². The Labute approximate surface area is 115 Å². The average molecular weight is 271 g/mol. The zero-order chi connectivity index (χ0) is 13.5. The maximum absolute atomic E-state index is 11.9. The lowest BCUT2D eigenvalue weighted by atomic mass is 10.1. The van der Waals surface area contributed by atoms with Gasteiger partial charge in [0.05, 0.1) is 16.4 Å². The van der Waals surface area contributed by atoms with Crippen molar-refractivity contribution in [3.8, 4) is 0 Å². The van der Waals surface area contributed by atoms with Crippen LogP contribution in [0.3, 0.4) is 0 Å². The molecule has 0 atom stereocenters. The summed E-state index contributed by atoms with van der Waals surface area (Å²) in [6.07, 6.45) is 6.94. The molecular weight excluding hydrogens is 248 g/mol. The number of Topliss-reactive ketones (excluding diaryl/α,β-unsaturated/α-hetero) is 1. The molecule has 1 heterocycles. The van der Waals surface area contributed by atoms with E-state index < -0.39 is 0 Å². The summed E-state index contributed by atoms with van der Waals surface area (Å²) in [6.45, 7) is 4.05. The second-order valence-electron chi connectivity index (χ2n) is 4.85. The molecule has 102 valence electrons. The van der Waals surface area contributed by atoms with Crippen molar-refractivity contribution in [2.45, 2.75) is 58.8 Å². The number of rotatable bonds is 8. The summed E-state index contributed by atoms with van der Waals surface area (Å²) in [5.41, 5.74) is 1.64. The molecule has 0 saturated heterocycles. The fourth-order valence-electron chi connectivity index (χ4n) is 2.07. The highest BCUT2D eigenvalue weighted by atomic mass is 35.5. The summed E-state index contributed by atoms with van der Waals surface area (Å²) < 4.78 is 1.71. The molecule has 3 nitrogen and oxygen atoms in total. The monoisotopic (exact) mass is 270 g/mol. The van der Waals surface area contributed by atoms with Crippen molar-refractivity contribution >= 4 is 17.4 Å². The van der Waals surface area contributed by atoms with Gasteiger partial charge in [-0.25, -0.2) is 0 Å². The molecule has 1 aromatic rings. The van der Waals surface area contributed by atoms with Gasteiger partial charge in [-0.1, -0.05) is 44.2 Å². The molecule has 0 fully saturated rings. The Morgan fingerprint density at radius 2 is 1.94 bits per heavy atom. The average Bonchev–Trinajstić information content (AvgIpc) is 2.56. The number of halogens is 1. The zero-order valence-corrected chi connectivity index (χ0v) is 12.4. The Hall–Kier alpha value is -0.830. The number of carbonyl (C=O) groups is 1. The molecule has 0 N–H and O–H groups in total. The van der Waals surface area contributed by atoms with Crippen LogP contribution in [0.1, 0.15) is 56.8 Å². The predicted octanol–water partition coefficient (Wildman–Crippen LogP) is 3.85. The summed E-state index contributed by atoms with van der Waals surface area (Å²) in [7, 11) is 1.84. The van der Waals surface area contributed by atoms with E-state index in [2.05, 4.69) is 12.0 Å². The molecule has 1 rings (SSSR count). The van der Waals surface area contributed by atoms with Crippen LogP contribution in [0.5, 0.6) is 0 Å². The maximum Gasteiger partial charge on any atom is 0.138 e. The van der Waals surface area contributed by atoms with Crippen LogP contribution in [0, 0.1) is 6.92 Å². The quantitative estimate of drug-likeness (QED) is 0.673. The summed E-state index contributed by atoms with van der Waals surface area (Å²) in [6, 6.07) is 0. The molecule has 0 aliphatic carbocycles. The molecule has 4 heteroatoms. The molecule has 0 bridgehead atoms. The Balaban J connectivity index is 2.36. The molecule has 0 aliphatic rings. The van der Waals surface area contributed by atoms with Crippen LogP contribution in [0.4, 0.5) is 0 Å². The van der Waals surface area contributed by atoms with E-state index in [1.54, 1.807) is 4.68 Å². The molecule has 0 unspecified atom stereocenters. The third-order valence-electron chi connectivity index (χ3n) is 3.19. The smallest absolute Gasteiger partial charge is 0.138 e. The minimum absolute atomic E-state index is 0.261. The van der Waals surface area contributed by atoms with Crippen molar-refractivity contribution in [3.05, 3.63) is 16.4 Å². The van der Waals surface area contributed by atoms with Gasteiger partial charge in [0.1, 0.15) is 5.78 Å². The lowest BCUT2D eigenvalue weighted by molar-refractivity contribution is -0.118. The minimum atomic E-state index is 0.261. The molecule has 0 saturated carbocycles. The number of carbonyl (C=O) groups excluding carboxylic acids is 1. The van der Waals surface area contributed by atoms with Gasteiger partial charge in [-0.05, 0) is 13.3 Å². The lowest BCUT2D eigenvalue weighted by Crippen LogP contribution is -2.07. The van der Waals surface area contributed by atoms with Crippen LogP contribution >= 0.6 is 11.6 Å². The highest BCUT2D eigenvalue weighted by molar-refractivity contribution is 6.32. The van der Waals surface area contributed by atoms with Crippen molar-refractivity contribution in [1.29, 1.82) is 0 Å². The Morgan fingerprint density at radius 1 is 1.28 bits per heavy atom. The van der Waals surface area contributed by atoms with E-state index in [-0.39, 0.29) is 5.78 Å². The highest BCUT2D eigenvalue weighted by Gasteiger charge is 2.14. The maximum atomic E-state index is 11.9. The third kappa shape index (κ3) is 4.45. The lowest BCUT2D eigenvalue weighted by Gasteiger charge is -2.03. The van der Waals surface area contributed by atoms with Gasteiger partial charge in [-0.2, -0.15) is 5.10 Å². The second-order valence-corrected chi connectivity index (χ2v) is 5.23. The molecule has 0 amide bonds. The molecule has 1 aromatic heterocycles. The van der Waals surface area contributed by atoms with Crippen molar-refractivity contribution in [1.82, 2.24) is 9.78 Å². The Morgan fingerprint density at radius 3 is 2.50 bits per heavy atom. The summed E-state index contributed by atoms with van der Waals surface area (Å²) in [5.74, 6) is 0.261. The Bertz CT molecular complexity index is 399. The molecular formula is C14H23ClN2O. The van der Waals surface area contributed by atoms with Gasteiger partial charge in [-0.3, -0.25) is 9.48 Å². The fraction of sp³-hybridized carbons (Fsp3) is 0.714. The number of hydrogen-bond acceptors (Lipinski definition) is 2. The van der Waals surface area contributed by atoms with Crippen LogP contribution in [0.25, 0.3) is 0 Å². The van der Waals surface area contributed by atoms with Crippen molar-refractivity contribution in [3.63, 3.8) is 0 Å². The SMILES string of the molecule is CCCCCCCC(=O)Cc1c(Cl)c(C)nn1C. The van der Waals surface area contributed by atoms with Crippen molar-refractivity contribution < 1.29 is 4.79 Å². The van der Waals surface area contributed by atoms with Gasteiger partial charge < -0.3 is 0 Å². The standard InChI is InChI=1S/C14H23ClN2O/c1-4-5-6-7-8-9-12(18)10-13-14(15)11(2)16-17(13)3/h4-10H2,1-3H3. The first-order valence-electron chi connectivity index (χ1n) is 6.76. The molecule has 0 aromatic carbocycles. The van der Waals surface area contributed by atoms with Gasteiger partial charge >= 0.3 is 0 Å². The fourth-order valence-corrected chi connectivity index (χ4v) is 2.30. The van der Waals surface area contributed by atoms with Crippen LogP contribution in [-0.4, -0.2) is 15.6 Å². The van der Waals surface area contributed by atoms with Gasteiger partial charge in [0.15, 0.2) is 0 Å². The third-order valence-corrected chi connectivity index (χ3v) is 3.68. The summed E-state index contributed by atoms with van der Waals surface area (Å²) in [5, 5.41) is 4.85. The highest BCUT2D eigenvalue weighted by Crippen LogP contribution is 2.20. The van der Waals surface area contributed by atoms with Crippen molar-refractivity contribution in [2.24, 2.45) is 7.05 Å². The van der Waals surface area contributed by atoms with E-state index >= 15 is 0 Å². The van der Waals surface area contributed by atoms with E-state index in [4.69, 9.17) is 11.6 Å². The van der Waals surface area contributed by atoms with Gasteiger partial charge in [0.2, 0.25) is 0 Å². The Kier molecular flexibility index (Phi) is 6.41. The number of unbranched alkanes of at least 4 members (excludes halogenated alkanes) is 4. The molecule has 0 aliphatic heterocycles. The van der Waals surface area contributed by atoms with E-state index in [1.165, 1.54) is 19.3 Å². The molecule has 18 heavy (non-hydrogen) atoms. The molecule has 0 spiro atoms. The van der Waals surface area contributed by atoms with E-state index in [0.29, 0.717) is 17.9 Å². The number of nitrogens with zero attached hydrogens (tertiary/aromatic N) is 2. The number of hydrogen-bond donors (Lipinski definition) is 0. The van der Waals surface area contributed by atoms with Crippen LogP contribution in [-0.2, 0) is 18.3 Å². The largest absolute Gasteiger partial charge is 0.299 e. The summed E-state index contributed by atoms with van der Waals surface area (Å²) in [4.78, 5) is 11.9. The first-order chi connectivity index (χ1) is 8.56. The van der Waals surface area contributed by atoms with Crippen LogP contribution in [0.2, 0.25) is 5.02 Å². The summed E-state index contributed by atoms with van der Waals surface area (Å²) >= 11 is 6.13. The van der Waals surface area contributed by atoms with E-state index in [9.17, 15) is 4.79 Å². The van der Waals surface area contributed by atoms with Gasteiger partial charge in [0.25, 0.3) is 0 Å². The number of aryl methyl sites for hydroxylation is 2. The topological polar surface area (TPSA) is 34.9 Å². The van der Waals surface area contributed by atoms with E-state index in [0.717, 1.165) is 24.2 Å². The number of ketones is 1. The normalized spacial score (nSPS) is 10.9. The van der Waals surface area contributed by atoms with Gasteiger partial charge in [-0.15, -0.1) is 0 Å². The van der Waals surface area contributed by atoms with Gasteiger partial charge in [0, 0.05) is 19.9 Å². The first kappa shape index (κ1) is 15.2. The number of aromatic nitrogens is 2. The zero-order valence-electron chi connectivity index (χ0n) is 11.6. The minimum Gasteiger partial charge on any atom is -0.299 e. The van der Waals surface area contributed by atoms with E-state index in [1.807, 2.05) is 14.0 Å². The first-order valence-corrected chi connectivity index (χ1v) is 7.13. The predicted molar refractivity (Wildman–Crippen MR) is 75.0 cm³/mol. The molecule has 0 radical (unpaired) electrons. The van der Waals surface area contributed by atoms with Crippen LogP contribution < -0.4 is 0 Å². The van der Waals surface area contributed by atoms with Crippen LogP contribution in [0.15, 0.2) is 0 Å².